The molecule has 0 saturated heterocycles. The molecule has 0 spiro atoms. The first-order chi connectivity index (χ1) is 11.1. The minimum absolute atomic E-state index is 0.213. The Morgan fingerprint density at radius 3 is 1.91 bits per heavy atom. The van der Waals surface area contributed by atoms with Crippen molar-refractivity contribution in [1.29, 1.82) is 0 Å². The summed E-state index contributed by atoms with van der Waals surface area (Å²) < 4.78 is 8.05. The van der Waals surface area contributed by atoms with E-state index in [-0.39, 0.29) is 6.10 Å². The van der Waals surface area contributed by atoms with Gasteiger partial charge in [-0.25, -0.2) is 0 Å². The maximum Gasteiger partial charge on any atom is 0.193 e. The molecular formula is C20H35BrOSi. The minimum atomic E-state index is -1.64. The van der Waals surface area contributed by atoms with Crippen molar-refractivity contribution in [3.8, 4) is 0 Å². The molecule has 132 valence electrons. The van der Waals surface area contributed by atoms with Crippen molar-refractivity contribution in [2.24, 2.45) is 0 Å². The molecule has 3 heteroatoms. The maximum absolute atomic E-state index is 6.90. The van der Waals surface area contributed by atoms with Crippen LogP contribution in [0.15, 0.2) is 28.7 Å². The predicted octanol–water partition coefficient (Wildman–Crippen LogP) is 7.87. The Bertz CT molecular complexity index is 414. The van der Waals surface area contributed by atoms with Gasteiger partial charge in [-0.05, 0) is 42.8 Å². The first-order valence-corrected chi connectivity index (χ1v) is 12.8. The summed E-state index contributed by atoms with van der Waals surface area (Å²) in [5.74, 6) is 0. The number of unbranched alkanes of at least 4 members (excludes halogenated alkanes) is 3. The molecule has 0 aliphatic carbocycles. The van der Waals surface area contributed by atoms with Crippen LogP contribution in [0.2, 0.25) is 18.1 Å². The van der Waals surface area contributed by atoms with Crippen LogP contribution in [-0.2, 0) is 4.43 Å². The lowest BCUT2D eigenvalue weighted by Crippen LogP contribution is -2.39. The number of rotatable bonds is 12. The van der Waals surface area contributed by atoms with Gasteiger partial charge in [0, 0.05) is 4.47 Å². The average molecular weight is 399 g/mol. The lowest BCUT2D eigenvalue weighted by Gasteiger charge is -2.35. The van der Waals surface area contributed by atoms with Crippen LogP contribution in [0.5, 0.6) is 0 Å². The highest BCUT2D eigenvalue weighted by Gasteiger charge is 2.35. The first-order valence-electron chi connectivity index (χ1n) is 9.50. The standard InChI is InChI=1S/C20H35BrOSi/c1-5-8-14-23(15-9-6-2,16-10-7-3)22-18(4)19-12-11-13-20(21)17-19/h11-13,17-18H,5-10,14-16H2,1-4H3/t18-/m0/s1. The second-order valence-electron chi connectivity index (χ2n) is 6.81. The van der Waals surface area contributed by atoms with Crippen molar-refractivity contribution in [2.75, 3.05) is 0 Å². The van der Waals surface area contributed by atoms with Crippen molar-refractivity contribution >= 4 is 24.2 Å². The second-order valence-corrected chi connectivity index (χ2v) is 11.8. The van der Waals surface area contributed by atoms with E-state index in [1.807, 2.05) is 0 Å². The summed E-state index contributed by atoms with van der Waals surface area (Å²) in [6.07, 6.45) is 8.02. The van der Waals surface area contributed by atoms with Crippen molar-refractivity contribution in [3.05, 3.63) is 34.3 Å². The zero-order valence-electron chi connectivity index (χ0n) is 15.5. The van der Waals surface area contributed by atoms with Gasteiger partial charge in [0.1, 0.15) is 0 Å². The summed E-state index contributed by atoms with van der Waals surface area (Å²) in [7, 11) is -1.64. The molecule has 0 heterocycles. The van der Waals surface area contributed by atoms with Gasteiger partial charge in [-0.1, -0.05) is 87.4 Å². The summed E-state index contributed by atoms with van der Waals surface area (Å²) in [6.45, 7) is 9.15. The van der Waals surface area contributed by atoms with E-state index in [2.05, 4.69) is 67.9 Å². The molecular weight excluding hydrogens is 364 g/mol. The van der Waals surface area contributed by atoms with Gasteiger partial charge in [-0.3, -0.25) is 0 Å². The summed E-state index contributed by atoms with van der Waals surface area (Å²) in [6, 6.07) is 12.6. The second kappa shape index (κ2) is 11.4. The maximum atomic E-state index is 6.90. The Labute approximate surface area is 153 Å². The molecule has 0 aromatic heterocycles. The highest BCUT2D eigenvalue weighted by atomic mass is 79.9. The number of benzene rings is 1. The molecule has 0 unspecified atom stereocenters. The molecule has 0 radical (unpaired) electrons. The molecule has 0 amide bonds. The summed E-state index contributed by atoms with van der Waals surface area (Å²) in [5.41, 5.74) is 1.31. The molecule has 0 fully saturated rings. The molecule has 0 saturated carbocycles. The van der Waals surface area contributed by atoms with Crippen molar-refractivity contribution in [2.45, 2.75) is 90.5 Å². The van der Waals surface area contributed by atoms with Crippen LogP contribution in [0.4, 0.5) is 0 Å². The Hall–Kier alpha value is -0.123. The van der Waals surface area contributed by atoms with Gasteiger partial charge in [-0.2, -0.15) is 0 Å². The fourth-order valence-corrected chi connectivity index (χ4v) is 8.65. The third-order valence-corrected chi connectivity index (χ3v) is 9.84. The number of hydrogen-bond donors (Lipinski definition) is 0. The number of hydrogen-bond acceptors (Lipinski definition) is 1. The van der Waals surface area contributed by atoms with E-state index in [0.717, 1.165) is 4.47 Å². The molecule has 1 aromatic carbocycles. The van der Waals surface area contributed by atoms with Gasteiger partial charge in [0.2, 0.25) is 0 Å². The average Bonchev–Trinajstić information content (AvgIpc) is 2.56. The molecule has 0 bridgehead atoms. The third-order valence-electron chi connectivity index (χ3n) is 4.70. The SMILES string of the molecule is CCCC[Si](CCCC)(CCCC)O[C@@H](C)c1cccc(Br)c1. The highest BCUT2D eigenvalue weighted by molar-refractivity contribution is 9.10. The molecule has 0 aliphatic rings. The van der Waals surface area contributed by atoms with Gasteiger partial charge >= 0.3 is 0 Å². The van der Waals surface area contributed by atoms with E-state index in [4.69, 9.17) is 4.43 Å². The smallest absolute Gasteiger partial charge is 0.193 e. The molecule has 1 atom stereocenters. The normalized spacial score (nSPS) is 13.3. The lowest BCUT2D eigenvalue weighted by atomic mass is 10.1. The van der Waals surface area contributed by atoms with Crippen molar-refractivity contribution in [3.63, 3.8) is 0 Å². The molecule has 1 nitrogen and oxygen atoms in total. The van der Waals surface area contributed by atoms with Gasteiger partial charge in [0.15, 0.2) is 8.32 Å². The van der Waals surface area contributed by atoms with Crippen LogP contribution in [0.3, 0.4) is 0 Å². The number of halogens is 1. The molecule has 1 aromatic rings. The zero-order chi connectivity index (χ0) is 17.1. The fraction of sp³-hybridized carbons (Fsp3) is 0.700. The van der Waals surface area contributed by atoms with Crippen LogP contribution in [-0.4, -0.2) is 8.32 Å². The molecule has 1 rings (SSSR count). The monoisotopic (exact) mass is 398 g/mol. The van der Waals surface area contributed by atoms with Crippen LogP contribution < -0.4 is 0 Å². The molecule has 0 aliphatic heterocycles. The highest BCUT2D eigenvalue weighted by Crippen LogP contribution is 2.34. The largest absolute Gasteiger partial charge is 0.410 e. The van der Waals surface area contributed by atoms with E-state index in [0.29, 0.717) is 0 Å². The Morgan fingerprint density at radius 2 is 1.48 bits per heavy atom. The van der Waals surface area contributed by atoms with Gasteiger partial charge in [0.25, 0.3) is 0 Å². The third kappa shape index (κ3) is 7.53. The van der Waals surface area contributed by atoms with Crippen LogP contribution in [0.1, 0.15) is 77.9 Å². The first kappa shape index (κ1) is 20.9. The fourth-order valence-electron chi connectivity index (χ4n) is 3.25. The summed E-state index contributed by atoms with van der Waals surface area (Å²) in [4.78, 5) is 0. The van der Waals surface area contributed by atoms with Gasteiger partial charge < -0.3 is 4.43 Å². The predicted molar refractivity (Wildman–Crippen MR) is 109 cm³/mol. The topological polar surface area (TPSA) is 9.23 Å². The Morgan fingerprint density at radius 1 is 0.957 bits per heavy atom. The lowest BCUT2D eigenvalue weighted by molar-refractivity contribution is 0.206. The van der Waals surface area contributed by atoms with E-state index >= 15 is 0 Å². The van der Waals surface area contributed by atoms with Crippen LogP contribution in [0, 0.1) is 0 Å². The van der Waals surface area contributed by atoms with E-state index < -0.39 is 8.32 Å². The van der Waals surface area contributed by atoms with E-state index in [1.165, 1.54) is 62.2 Å². The summed E-state index contributed by atoms with van der Waals surface area (Å²) >= 11 is 3.59. The van der Waals surface area contributed by atoms with E-state index in [9.17, 15) is 0 Å². The van der Waals surface area contributed by atoms with Gasteiger partial charge in [0.05, 0.1) is 6.10 Å². The van der Waals surface area contributed by atoms with Gasteiger partial charge in [-0.15, -0.1) is 0 Å². The minimum Gasteiger partial charge on any atom is -0.410 e. The Balaban J connectivity index is 2.90. The van der Waals surface area contributed by atoms with Crippen LogP contribution >= 0.6 is 15.9 Å². The Kier molecular flexibility index (Phi) is 10.4. The van der Waals surface area contributed by atoms with Crippen molar-refractivity contribution in [1.82, 2.24) is 0 Å². The summed E-state index contributed by atoms with van der Waals surface area (Å²) in [5, 5.41) is 0. The quantitative estimate of drug-likeness (QED) is 0.325. The zero-order valence-corrected chi connectivity index (χ0v) is 18.1. The van der Waals surface area contributed by atoms with Crippen molar-refractivity contribution < 1.29 is 4.43 Å². The molecule has 23 heavy (non-hydrogen) atoms. The van der Waals surface area contributed by atoms with Crippen LogP contribution in [0.25, 0.3) is 0 Å². The molecule has 0 N–H and O–H groups in total. The van der Waals surface area contributed by atoms with E-state index in [1.54, 1.807) is 0 Å².